The highest BCUT2D eigenvalue weighted by molar-refractivity contribution is 7.99. The third kappa shape index (κ3) is 4.48. The topological polar surface area (TPSA) is 38.0 Å². The van der Waals surface area contributed by atoms with Crippen molar-refractivity contribution in [2.75, 3.05) is 11.5 Å². The van der Waals surface area contributed by atoms with Crippen molar-refractivity contribution in [3.8, 4) is 0 Å². The average Bonchev–Trinajstić information content (AvgIpc) is 2.56. The maximum atomic E-state index is 10.0. The lowest BCUT2D eigenvalue weighted by atomic mass is 10.2. The molecule has 18 heavy (non-hydrogen) atoms. The van der Waals surface area contributed by atoms with Crippen LogP contribution >= 0.6 is 23.4 Å². The number of nitrogens with zero attached hydrogens (tertiary/aromatic N) is 2. The highest BCUT2D eigenvalue weighted by atomic mass is 35.5. The van der Waals surface area contributed by atoms with Crippen LogP contribution in [-0.2, 0) is 13.0 Å². The van der Waals surface area contributed by atoms with E-state index in [-0.39, 0.29) is 6.10 Å². The zero-order valence-corrected chi connectivity index (χ0v) is 13.2. The Labute approximate surface area is 119 Å². The second kappa shape index (κ2) is 7.41. The quantitative estimate of drug-likeness (QED) is 0.838. The first-order valence-electron chi connectivity index (χ1n) is 6.43. The van der Waals surface area contributed by atoms with Gasteiger partial charge in [-0.1, -0.05) is 25.4 Å². The van der Waals surface area contributed by atoms with Crippen molar-refractivity contribution in [1.29, 1.82) is 0 Å². The number of hydrogen-bond acceptors (Lipinski definition) is 3. The summed E-state index contributed by atoms with van der Waals surface area (Å²) < 4.78 is 1.88. The van der Waals surface area contributed by atoms with Crippen molar-refractivity contribution in [2.24, 2.45) is 5.92 Å². The number of aliphatic hydroxyl groups excluding tert-OH is 1. The summed E-state index contributed by atoms with van der Waals surface area (Å²) in [6.07, 6.45) is 0.228. The molecule has 1 aromatic rings. The normalized spacial score (nSPS) is 13.3. The minimum Gasteiger partial charge on any atom is -0.392 e. The van der Waals surface area contributed by atoms with Crippen LogP contribution in [0.3, 0.4) is 0 Å². The number of halogens is 1. The van der Waals surface area contributed by atoms with Crippen LogP contribution in [-0.4, -0.2) is 32.5 Å². The third-order valence-electron chi connectivity index (χ3n) is 2.64. The summed E-state index contributed by atoms with van der Waals surface area (Å²) in [5.41, 5.74) is 1.80. The molecule has 0 fully saturated rings. The zero-order chi connectivity index (χ0) is 13.7. The molecule has 0 spiro atoms. The van der Waals surface area contributed by atoms with Crippen molar-refractivity contribution in [2.45, 2.75) is 46.8 Å². The Balaban J connectivity index is 2.55. The van der Waals surface area contributed by atoms with Crippen molar-refractivity contribution in [3.63, 3.8) is 0 Å². The third-order valence-corrected chi connectivity index (χ3v) is 4.66. The molecule has 0 aliphatic heterocycles. The van der Waals surface area contributed by atoms with E-state index < -0.39 is 0 Å². The van der Waals surface area contributed by atoms with Gasteiger partial charge in [0.05, 0.1) is 22.5 Å². The Kier molecular flexibility index (Phi) is 6.53. The van der Waals surface area contributed by atoms with Crippen molar-refractivity contribution in [3.05, 3.63) is 16.4 Å². The Hall–Kier alpha value is -0.190. The first kappa shape index (κ1) is 15.9. The molecule has 0 saturated carbocycles. The average molecular weight is 291 g/mol. The summed E-state index contributed by atoms with van der Waals surface area (Å²) in [6.45, 7) is 9.09. The molecular weight excluding hydrogens is 268 g/mol. The predicted molar refractivity (Wildman–Crippen MR) is 79.5 cm³/mol. The van der Waals surface area contributed by atoms with Gasteiger partial charge in [0.15, 0.2) is 0 Å². The number of aryl methyl sites for hydroxylation is 2. The monoisotopic (exact) mass is 290 g/mol. The molecular formula is C13H23ClN2OS. The highest BCUT2D eigenvalue weighted by Crippen LogP contribution is 2.22. The Morgan fingerprint density at radius 1 is 1.39 bits per heavy atom. The molecule has 0 bridgehead atoms. The molecule has 1 atom stereocenters. The van der Waals surface area contributed by atoms with Crippen molar-refractivity contribution in [1.82, 2.24) is 9.78 Å². The van der Waals surface area contributed by atoms with E-state index in [0.29, 0.717) is 17.4 Å². The van der Waals surface area contributed by atoms with E-state index in [4.69, 9.17) is 11.6 Å². The summed E-state index contributed by atoms with van der Waals surface area (Å²) in [4.78, 5) is 0. The maximum Gasteiger partial charge on any atom is 0.0848 e. The lowest BCUT2D eigenvalue weighted by Crippen LogP contribution is -2.17. The number of aromatic nitrogens is 2. The molecule has 1 rings (SSSR count). The summed E-state index contributed by atoms with van der Waals surface area (Å²) in [5.74, 6) is 2.49. The minimum absolute atomic E-state index is 0.354. The summed E-state index contributed by atoms with van der Waals surface area (Å²) in [7, 11) is 0. The van der Waals surface area contributed by atoms with Gasteiger partial charge in [0.2, 0.25) is 0 Å². The molecule has 5 heteroatoms. The zero-order valence-electron chi connectivity index (χ0n) is 11.6. The van der Waals surface area contributed by atoms with Crippen LogP contribution < -0.4 is 0 Å². The molecule has 0 aliphatic carbocycles. The Morgan fingerprint density at radius 2 is 2.06 bits per heavy atom. The molecule has 0 aromatic carbocycles. The summed E-state index contributed by atoms with van der Waals surface area (Å²) in [6, 6.07) is 0. The van der Waals surface area contributed by atoms with Gasteiger partial charge in [-0.3, -0.25) is 4.68 Å². The van der Waals surface area contributed by atoms with Crippen LogP contribution in [0.15, 0.2) is 0 Å². The molecule has 1 N–H and O–H groups in total. The van der Waals surface area contributed by atoms with E-state index in [2.05, 4.69) is 18.9 Å². The van der Waals surface area contributed by atoms with Gasteiger partial charge >= 0.3 is 0 Å². The molecule has 1 unspecified atom stereocenters. The van der Waals surface area contributed by atoms with E-state index >= 15 is 0 Å². The molecule has 1 heterocycles. The number of thioether (sulfide) groups is 1. The standard InChI is InChI=1S/C13H23ClN2OS/c1-5-16-12(13(14)10(4)15-16)6-11(17)8-18-7-9(2)3/h9,11,17H,5-8H2,1-4H3. The van der Waals surface area contributed by atoms with Gasteiger partial charge in [0, 0.05) is 18.7 Å². The van der Waals surface area contributed by atoms with E-state index in [1.807, 2.05) is 18.5 Å². The maximum absolute atomic E-state index is 10.0. The first-order chi connectivity index (χ1) is 8.45. The molecule has 0 radical (unpaired) electrons. The number of aliphatic hydroxyl groups is 1. The largest absolute Gasteiger partial charge is 0.392 e. The molecule has 104 valence electrons. The van der Waals surface area contributed by atoms with Gasteiger partial charge < -0.3 is 5.11 Å². The Bertz CT molecular complexity index is 379. The fourth-order valence-electron chi connectivity index (χ4n) is 1.79. The lowest BCUT2D eigenvalue weighted by molar-refractivity contribution is 0.197. The van der Waals surface area contributed by atoms with E-state index in [0.717, 1.165) is 29.4 Å². The smallest absolute Gasteiger partial charge is 0.0848 e. The molecule has 0 amide bonds. The van der Waals surface area contributed by atoms with Gasteiger partial charge in [0.1, 0.15) is 0 Å². The minimum atomic E-state index is -0.354. The SMILES string of the molecule is CCn1nc(C)c(Cl)c1CC(O)CSCC(C)C. The van der Waals surface area contributed by atoms with E-state index in [1.54, 1.807) is 11.8 Å². The van der Waals surface area contributed by atoms with Crippen LogP contribution in [0.1, 0.15) is 32.2 Å². The highest BCUT2D eigenvalue weighted by Gasteiger charge is 2.16. The van der Waals surface area contributed by atoms with E-state index in [1.165, 1.54) is 0 Å². The van der Waals surface area contributed by atoms with Crippen LogP contribution in [0.4, 0.5) is 0 Å². The van der Waals surface area contributed by atoms with Crippen LogP contribution in [0, 0.1) is 12.8 Å². The number of hydrogen-bond donors (Lipinski definition) is 1. The second-order valence-corrected chi connectivity index (χ2v) is 6.40. The van der Waals surface area contributed by atoms with Crippen LogP contribution in [0.25, 0.3) is 0 Å². The lowest BCUT2D eigenvalue weighted by Gasteiger charge is -2.12. The molecule has 0 saturated heterocycles. The van der Waals surface area contributed by atoms with Gasteiger partial charge in [0.25, 0.3) is 0 Å². The van der Waals surface area contributed by atoms with Crippen LogP contribution in [0.5, 0.6) is 0 Å². The predicted octanol–water partition coefficient (Wildman–Crippen LogP) is 3.16. The fourth-order valence-corrected chi connectivity index (χ4v) is 3.00. The molecule has 0 aliphatic rings. The Morgan fingerprint density at radius 3 is 2.61 bits per heavy atom. The van der Waals surface area contributed by atoms with Crippen LogP contribution in [0.2, 0.25) is 5.02 Å². The molecule has 3 nitrogen and oxygen atoms in total. The first-order valence-corrected chi connectivity index (χ1v) is 7.96. The van der Waals surface area contributed by atoms with Crippen molar-refractivity contribution < 1.29 is 5.11 Å². The van der Waals surface area contributed by atoms with Gasteiger partial charge in [-0.05, 0) is 25.5 Å². The second-order valence-electron chi connectivity index (χ2n) is 4.95. The van der Waals surface area contributed by atoms with Gasteiger partial charge in [-0.15, -0.1) is 0 Å². The summed E-state index contributed by atoms with van der Waals surface area (Å²) >= 11 is 8.01. The van der Waals surface area contributed by atoms with E-state index in [9.17, 15) is 5.11 Å². The van der Waals surface area contributed by atoms with Gasteiger partial charge in [-0.2, -0.15) is 16.9 Å². The van der Waals surface area contributed by atoms with Crippen molar-refractivity contribution >= 4 is 23.4 Å². The summed E-state index contributed by atoms with van der Waals surface area (Å²) in [5, 5.41) is 15.1. The fraction of sp³-hybridized carbons (Fsp3) is 0.769. The number of rotatable bonds is 7. The van der Waals surface area contributed by atoms with Gasteiger partial charge in [-0.25, -0.2) is 0 Å². The molecule has 1 aromatic heterocycles.